The lowest BCUT2D eigenvalue weighted by atomic mass is 10.1. The Morgan fingerprint density at radius 1 is 1.10 bits per heavy atom. The Hall–Kier alpha value is -3.54. The minimum atomic E-state index is -1.14. The van der Waals surface area contributed by atoms with Gasteiger partial charge in [-0.1, -0.05) is 36.4 Å². The molecule has 1 amide bonds. The van der Waals surface area contributed by atoms with Gasteiger partial charge in [-0.15, -0.1) is 0 Å². The number of benzene rings is 2. The van der Waals surface area contributed by atoms with Gasteiger partial charge in [0.1, 0.15) is 5.82 Å². The number of para-hydroxylation sites is 1. The molecule has 1 aliphatic carbocycles. The second-order valence-corrected chi connectivity index (χ2v) is 6.91. The number of ether oxygens (including phenoxy) is 1. The fraction of sp³-hybridized carbons (Fsp3) is 0.174. The van der Waals surface area contributed by atoms with Gasteiger partial charge in [0.05, 0.1) is 5.52 Å². The van der Waals surface area contributed by atoms with Crippen molar-refractivity contribution >= 4 is 28.9 Å². The summed E-state index contributed by atoms with van der Waals surface area (Å²) < 4.78 is 18.7. The Morgan fingerprint density at radius 3 is 2.62 bits per heavy atom. The highest BCUT2D eigenvalue weighted by atomic mass is 19.1. The van der Waals surface area contributed by atoms with E-state index >= 15 is 0 Å². The average Bonchev–Trinajstić information content (AvgIpc) is 3.55. The summed E-state index contributed by atoms with van der Waals surface area (Å²) in [5.74, 6) is -1.50. The number of nitrogens with one attached hydrogen (secondary N) is 1. The third-order valence-electron chi connectivity index (χ3n) is 4.63. The topological polar surface area (TPSA) is 68.3 Å². The summed E-state index contributed by atoms with van der Waals surface area (Å²) in [5, 5.41) is 3.78. The maximum atomic E-state index is 13.2. The lowest BCUT2D eigenvalue weighted by Gasteiger charge is -2.17. The number of hydrogen-bond acceptors (Lipinski definition) is 4. The summed E-state index contributed by atoms with van der Waals surface area (Å²) in [6.07, 6.45) is 5.24. The molecule has 0 radical (unpaired) electrons. The van der Waals surface area contributed by atoms with Gasteiger partial charge in [0.2, 0.25) is 6.10 Å². The molecule has 1 aliphatic rings. The molecule has 1 saturated carbocycles. The van der Waals surface area contributed by atoms with Gasteiger partial charge in [0.25, 0.3) is 5.91 Å². The fourth-order valence-corrected chi connectivity index (χ4v) is 2.99. The Kier molecular flexibility index (Phi) is 5.33. The quantitative estimate of drug-likeness (QED) is 0.511. The van der Waals surface area contributed by atoms with E-state index < -0.39 is 23.8 Å². The van der Waals surface area contributed by atoms with Crippen LogP contribution in [0.1, 0.15) is 30.1 Å². The summed E-state index contributed by atoms with van der Waals surface area (Å²) in [7, 11) is 0. The molecule has 0 saturated heterocycles. The SMILES string of the molecule is O=C(/C=C/c1cccc2cccnc12)OC(C(=O)NC1CC1)c1ccc(F)cc1. The predicted molar refractivity (Wildman–Crippen MR) is 107 cm³/mol. The molecule has 6 heteroatoms. The third kappa shape index (κ3) is 4.66. The van der Waals surface area contributed by atoms with E-state index in [0.29, 0.717) is 5.56 Å². The fourth-order valence-electron chi connectivity index (χ4n) is 2.99. The van der Waals surface area contributed by atoms with Crippen LogP contribution in [0.5, 0.6) is 0 Å². The molecule has 0 spiro atoms. The highest BCUT2D eigenvalue weighted by Crippen LogP contribution is 2.24. The lowest BCUT2D eigenvalue weighted by molar-refractivity contribution is -0.151. The standard InChI is InChI=1S/C23H19FN2O3/c24-18-9-6-17(7-10-18)22(23(28)26-19-11-12-19)29-20(27)13-8-16-4-1-3-15-5-2-14-25-21(15)16/h1-10,13-14,19,22H,11-12H2,(H,26,28)/b13-8+. The van der Waals surface area contributed by atoms with Crippen molar-refractivity contribution < 1.29 is 18.7 Å². The summed E-state index contributed by atoms with van der Waals surface area (Å²) in [4.78, 5) is 29.3. The predicted octanol–water partition coefficient (Wildman–Crippen LogP) is 3.95. The first-order valence-electron chi connectivity index (χ1n) is 9.38. The number of halogens is 1. The van der Waals surface area contributed by atoms with Crippen LogP contribution in [0.25, 0.3) is 17.0 Å². The van der Waals surface area contributed by atoms with E-state index in [-0.39, 0.29) is 6.04 Å². The first kappa shape index (κ1) is 18.8. The summed E-state index contributed by atoms with van der Waals surface area (Å²) >= 11 is 0. The third-order valence-corrected chi connectivity index (χ3v) is 4.63. The number of pyridine rings is 1. The number of carbonyl (C=O) groups is 2. The van der Waals surface area contributed by atoms with Crippen LogP contribution in [0.4, 0.5) is 4.39 Å². The number of carbonyl (C=O) groups excluding carboxylic acids is 2. The molecular weight excluding hydrogens is 371 g/mol. The number of amides is 1. The highest BCUT2D eigenvalue weighted by Gasteiger charge is 2.30. The van der Waals surface area contributed by atoms with Crippen molar-refractivity contribution in [3.63, 3.8) is 0 Å². The van der Waals surface area contributed by atoms with Crippen LogP contribution < -0.4 is 5.32 Å². The van der Waals surface area contributed by atoms with E-state index in [1.807, 2.05) is 30.3 Å². The molecule has 0 aliphatic heterocycles. The molecule has 1 N–H and O–H groups in total. The number of nitrogens with zero attached hydrogens (tertiary/aromatic N) is 1. The van der Waals surface area contributed by atoms with Gasteiger partial charge >= 0.3 is 5.97 Å². The first-order chi connectivity index (χ1) is 14.1. The van der Waals surface area contributed by atoms with Gasteiger partial charge in [0, 0.05) is 34.8 Å². The van der Waals surface area contributed by atoms with Crippen molar-refractivity contribution in [1.82, 2.24) is 10.3 Å². The van der Waals surface area contributed by atoms with Crippen LogP contribution in [0.2, 0.25) is 0 Å². The van der Waals surface area contributed by atoms with Crippen molar-refractivity contribution in [3.05, 3.63) is 83.8 Å². The minimum Gasteiger partial charge on any atom is -0.444 e. The Bertz CT molecular complexity index is 1070. The van der Waals surface area contributed by atoms with Gasteiger partial charge in [-0.2, -0.15) is 0 Å². The largest absolute Gasteiger partial charge is 0.444 e. The summed E-state index contributed by atoms with van der Waals surface area (Å²) in [5.41, 5.74) is 1.94. The Labute approximate surface area is 167 Å². The van der Waals surface area contributed by atoms with E-state index in [4.69, 9.17) is 4.74 Å². The van der Waals surface area contributed by atoms with Crippen LogP contribution in [0.15, 0.2) is 66.9 Å². The number of aromatic nitrogens is 1. The molecule has 5 nitrogen and oxygen atoms in total. The normalized spacial score (nSPS) is 14.7. The van der Waals surface area contributed by atoms with Crippen LogP contribution in [-0.4, -0.2) is 22.9 Å². The number of esters is 1. The van der Waals surface area contributed by atoms with Gasteiger partial charge in [-0.05, 0) is 37.1 Å². The van der Waals surface area contributed by atoms with E-state index in [2.05, 4.69) is 10.3 Å². The van der Waals surface area contributed by atoms with Crippen LogP contribution in [0.3, 0.4) is 0 Å². The van der Waals surface area contributed by atoms with Crippen molar-refractivity contribution in [1.29, 1.82) is 0 Å². The van der Waals surface area contributed by atoms with Crippen molar-refractivity contribution in [2.24, 2.45) is 0 Å². The molecule has 1 unspecified atom stereocenters. The molecule has 29 heavy (non-hydrogen) atoms. The van der Waals surface area contributed by atoms with E-state index in [1.54, 1.807) is 12.3 Å². The molecular formula is C23H19FN2O3. The van der Waals surface area contributed by atoms with Gasteiger partial charge in [-0.25, -0.2) is 9.18 Å². The maximum absolute atomic E-state index is 13.2. The van der Waals surface area contributed by atoms with Crippen molar-refractivity contribution in [2.45, 2.75) is 25.0 Å². The van der Waals surface area contributed by atoms with Crippen molar-refractivity contribution in [3.8, 4) is 0 Å². The lowest BCUT2D eigenvalue weighted by Crippen LogP contribution is -2.33. The molecule has 146 valence electrons. The van der Waals surface area contributed by atoms with Crippen LogP contribution >= 0.6 is 0 Å². The monoisotopic (exact) mass is 390 g/mol. The van der Waals surface area contributed by atoms with Crippen LogP contribution in [-0.2, 0) is 14.3 Å². The molecule has 1 fully saturated rings. The highest BCUT2D eigenvalue weighted by molar-refractivity contribution is 5.94. The summed E-state index contributed by atoms with van der Waals surface area (Å²) in [6.45, 7) is 0. The molecule has 0 bridgehead atoms. The Morgan fingerprint density at radius 2 is 1.86 bits per heavy atom. The zero-order valence-electron chi connectivity index (χ0n) is 15.5. The van der Waals surface area contributed by atoms with Crippen LogP contribution in [0, 0.1) is 5.82 Å². The van der Waals surface area contributed by atoms with Gasteiger partial charge in [-0.3, -0.25) is 9.78 Å². The molecule has 3 aromatic rings. The van der Waals surface area contributed by atoms with E-state index in [9.17, 15) is 14.0 Å². The second-order valence-electron chi connectivity index (χ2n) is 6.91. The van der Waals surface area contributed by atoms with E-state index in [0.717, 1.165) is 29.3 Å². The Balaban J connectivity index is 1.53. The molecule has 1 aromatic heterocycles. The summed E-state index contributed by atoms with van der Waals surface area (Å²) in [6, 6.07) is 14.9. The zero-order valence-corrected chi connectivity index (χ0v) is 15.5. The average molecular weight is 390 g/mol. The maximum Gasteiger partial charge on any atom is 0.331 e. The number of fused-ring (bicyclic) bond motifs is 1. The molecule has 1 atom stereocenters. The molecule has 1 heterocycles. The van der Waals surface area contributed by atoms with Crippen molar-refractivity contribution in [2.75, 3.05) is 0 Å². The number of hydrogen-bond donors (Lipinski definition) is 1. The molecule has 4 rings (SSSR count). The van der Waals surface area contributed by atoms with E-state index in [1.165, 1.54) is 30.3 Å². The minimum absolute atomic E-state index is 0.112. The smallest absolute Gasteiger partial charge is 0.331 e. The first-order valence-corrected chi connectivity index (χ1v) is 9.38. The second kappa shape index (κ2) is 8.22. The number of rotatable bonds is 6. The molecule has 2 aromatic carbocycles. The zero-order chi connectivity index (χ0) is 20.2. The van der Waals surface area contributed by atoms with Gasteiger partial charge in [0.15, 0.2) is 0 Å². The van der Waals surface area contributed by atoms with Gasteiger partial charge < -0.3 is 10.1 Å².